The van der Waals surface area contributed by atoms with E-state index in [1.807, 2.05) is 11.3 Å². The molecule has 3 rings (SSSR count). The molecule has 1 aromatic heterocycles. The van der Waals surface area contributed by atoms with Crippen LogP contribution in [0.15, 0.2) is 17.5 Å². The highest BCUT2D eigenvalue weighted by atomic mass is 32.1. The molecule has 0 saturated heterocycles. The standard InChI is InChI=1S/C15H23NS/c1-15(12-4-5-12,11-16-13-6-7-13)9-8-14-3-2-10-17-14/h2-3,10,12-13,16H,4-9,11H2,1H3. The Hall–Kier alpha value is -0.340. The van der Waals surface area contributed by atoms with E-state index < -0.39 is 0 Å². The quantitative estimate of drug-likeness (QED) is 0.774. The highest BCUT2D eigenvalue weighted by Crippen LogP contribution is 2.48. The van der Waals surface area contributed by atoms with Crippen LogP contribution < -0.4 is 5.32 Å². The van der Waals surface area contributed by atoms with Gasteiger partial charge >= 0.3 is 0 Å². The summed E-state index contributed by atoms with van der Waals surface area (Å²) in [6.45, 7) is 3.75. The molecule has 2 aliphatic carbocycles. The van der Waals surface area contributed by atoms with Crippen molar-refractivity contribution < 1.29 is 0 Å². The van der Waals surface area contributed by atoms with E-state index in [1.165, 1.54) is 45.1 Å². The highest BCUT2D eigenvalue weighted by Gasteiger charge is 2.41. The van der Waals surface area contributed by atoms with Crippen LogP contribution in [0.25, 0.3) is 0 Å². The van der Waals surface area contributed by atoms with Crippen molar-refractivity contribution in [2.24, 2.45) is 11.3 Å². The zero-order valence-electron chi connectivity index (χ0n) is 10.7. The molecule has 1 N–H and O–H groups in total. The van der Waals surface area contributed by atoms with E-state index in [0.29, 0.717) is 5.41 Å². The van der Waals surface area contributed by atoms with Crippen molar-refractivity contribution in [1.29, 1.82) is 0 Å². The van der Waals surface area contributed by atoms with Gasteiger partial charge in [0.1, 0.15) is 0 Å². The smallest absolute Gasteiger partial charge is 0.00684 e. The van der Waals surface area contributed by atoms with Crippen LogP contribution in [-0.4, -0.2) is 12.6 Å². The molecule has 0 radical (unpaired) electrons. The third kappa shape index (κ3) is 3.11. The minimum absolute atomic E-state index is 0.548. The topological polar surface area (TPSA) is 12.0 Å². The molecule has 0 aromatic carbocycles. The van der Waals surface area contributed by atoms with Gasteiger partial charge in [-0.1, -0.05) is 13.0 Å². The van der Waals surface area contributed by atoms with Crippen molar-refractivity contribution in [3.63, 3.8) is 0 Å². The van der Waals surface area contributed by atoms with Crippen LogP contribution in [0.1, 0.15) is 43.9 Å². The number of thiophene rings is 1. The molecule has 2 fully saturated rings. The molecule has 0 amide bonds. The van der Waals surface area contributed by atoms with Gasteiger partial charge in [-0.3, -0.25) is 0 Å². The van der Waals surface area contributed by atoms with Crippen molar-refractivity contribution in [2.45, 2.75) is 51.5 Å². The van der Waals surface area contributed by atoms with Crippen LogP contribution in [-0.2, 0) is 6.42 Å². The normalized spacial score (nSPS) is 23.6. The van der Waals surface area contributed by atoms with Gasteiger partial charge in [0.2, 0.25) is 0 Å². The summed E-state index contributed by atoms with van der Waals surface area (Å²) in [6.07, 6.45) is 8.38. The molecule has 17 heavy (non-hydrogen) atoms. The second-order valence-corrected chi connectivity index (χ2v) is 7.20. The predicted molar refractivity (Wildman–Crippen MR) is 74.5 cm³/mol. The number of hydrogen-bond acceptors (Lipinski definition) is 2. The third-order valence-corrected chi connectivity index (χ3v) is 5.39. The van der Waals surface area contributed by atoms with E-state index in [4.69, 9.17) is 0 Å². The summed E-state index contributed by atoms with van der Waals surface area (Å²) in [4.78, 5) is 1.56. The lowest BCUT2D eigenvalue weighted by Gasteiger charge is -2.30. The monoisotopic (exact) mass is 249 g/mol. The van der Waals surface area contributed by atoms with Gasteiger partial charge in [-0.25, -0.2) is 0 Å². The first kappa shape index (κ1) is 11.7. The van der Waals surface area contributed by atoms with Gasteiger partial charge in [-0.2, -0.15) is 0 Å². The number of hydrogen-bond donors (Lipinski definition) is 1. The molecule has 94 valence electrons. The van der Waals surface area contributed by atoms with Crippen LogP contribution in [0.4, 0.5) is 0 Å². The minimum Gasteiger partial charge on any atom is -0.313 e. The fourth-order valence-electron chi connectivity index (χ4n) is 2.75. The molecule has 1 heterocycles. The maximum absolute atomic E-state index is 3.75. The van der Waals surface area contributed by atoms with Crippen LogP contribution in [0, 0.1) is 11.3 Å². The van der Waals surface area contributed by atoms with Crippen molar-refractivity contribution in [3.8, 4) is 0 Å². The SMILES string of the molecule is CC(CCc1cccs1)(CNC1CC1)C1CC1. The molecule has 2 heteroatoms. The zero-order valence-corrected chi connectivity index (χ0v) is 11.6. The highest BCUT2D eigenvalue weighted by molar-refractivity contribution is 7.09. The van der Waals surface area contributed by atoms with Gasteiger partial charge < -0.3 is 5.32 Å². The average molecular weight is 249 g/mol. The van der Waals surface area contributed by atoms with Gasteiger partial charge in [-0.15, -0.1) is 11.3 Å². The second kappa shape index (κ2) is 4.74. The number of rotatable bonds is 7. The van der Waals surface area contributed by atoms with Crippen LogP contribution in [0.3, 0.4) is 0 Å². The van der Waals surface area contributed by atoms with Crippen LogP contribution >= 0.6 is 11.3 Å². The van der Waals surface area contributed by atoms with E-state index in [9.17, 15) is 0 Å². The number of aryl methyl sites for hydroxylation is 1. The van der Waals surface area contributed by atoms with Crippen molar-refractivity contribution in [2.75, 3.05) is 6.54 Å². The first-order valence-corrected chi connectivity index (χ1v) is 7.90. The second-order valence-electron chi connectivity index (χ2n) is 6.16. The van der Waals surface area contributed by atoms with Crippen LogP contribution in [0.5, 0.6) is 0 Å². The lowest BCUT2D eigenvalue weighted by atomic mass is 9.80. The van der Waals surface area contributed by atoms with Gasteiger partial charge in [-0.05, 0) is 61.3 Å². The summed E-state index contributed by atoms with van der Waals surface area (Å²) >= 11 is 1.91. The molecular weight excluding hydrogens is 226 g/mol. The lowest BCUT2D eigenvalue weighted by Crippen LogP contribution is -2.35. The molecule has 0 aliphatic heterocycles. The molecule has 2 aliphatic rings. The van der Waals surface area contributed by atoms with Crippen molar-refractivity contribution >= 4 is 11.3 Å². The Kier molecular flexibility index (Phi) is 3.27. The van der Waals surface area contributed by atoms with Gasteiger partial charge in [0.15, 0.2) is 0 Å². The Morgan fingerprint density at radius 1 is 1.35 bits per heavy atom. The molecule has 1 aromatic rings. The van der Waals surface area contributed by atoms with Crippen molar-refractivity contribution in [1.82, 2.24) is 5.32 Å². The summed E-state index contributed by atoms with van der Waals surface area (Å²) < 4.78 is 0. The Morgan fingerprint density at radius 2 is 2.18 bits per heavy atom. The fraction of sp³-hybridized carbons (Fsp3) is 0.733. The summed E-state index contributed by atoms with van der Waals surface area (Å²) in [7, 11) is 0. The largest absolute Gasteiger partial charge is 0.313 e. The maximum atomic E-state index is 3.75. The Morgan fingerprint density at radius 3 is 2.76 bits per heavy atom. The zero-order chi connectivity index (χ0) is 11.7. The Bertz CT molecular complexity index is 351. The molecular formula is C15H23NS. The van der Waals surface area contributed by atoms with Crippen molar-refractivity contribution in [3.05, 3.63) is 22.4 Å². The minimum atomic E-state index is 0.548. The molecule has 2 saturated carbocycles. The van der Waals surface area contributed by atoms with E-state index >= 15 is 0 Å². The first-order valence-electron chi connectivity index (χ1n) is 7.02. The maximum Gasteiger partial charge on any atom is 0.00684 e. The summed E-state index contributed by atoms with van der Waals surface area (Å²) in [6, 6.07) is 5.32. The molecule has 1 nitrogen and oxygen atoms in total. The fourth-order valence-corrected chi connectivity index (χ4v) is 3.45. The van der Waals surface area contributed by atoms with E-state index in [2.05, 4.69) is 29.8 Å². The van der Waals surface area contributed by atoms with Crippen LogP contribution in [0.2, 0.25) is 0 Å². The predicted octanol–water partition coefficient (Wildman–Crippen LogP) is 3.85. The summed E-state index contributed by atoms with van der Waals surface area (Å²) in [5, 5.41) is 5.95. The Labute approximate surface area is 109 Å². The van der Waals surface area contributed by atoms with E-state index in [-0.39, 0.29) is 0 Å². The van der Waals surface area contributed by atoms with Gasteiger partial charge in [0.25, 0.3) is 0 Å². The summed E-state index contributed by atoms with van der Waals surface area (Å²) in [5.74, 6) is 0.994. The number of nitrogens with one attached hydrogen (secondary N) is 1. The average Bonchev–Trinajstić information content (AvgIpc) is 3.23. The molecule has 1 unspecified atom stereocenters. The third-order valence-electron chi connectivity index (χ3n) is 4.46. The van der Waals surface area contributed by atoms with Gasteiger partial charge in [0, 0.05) is 17.5 Å². The molecule has 0 bridgehead atoms. The molecule has 0 spiro atoms. The Balaban J connectivity index is 1.54. The first-order chi connectivity index (χ1) is 8.26. The lowest BCUT2D eigenvalue weighted by molar-refractivity contribution is 0.236. The van der Waals surface area contributed by atoms with Gasteiger partial charge in [0.05, 0.1) is 0 Å². The van der Waals surface area contributed by atoms with E-state index in [0.717, 1.165) is 12.0 Å². The molecule has 1 atom stereocenters. The van der Waals surface area contributed by atoms with E-state index in [1.54, 1.807) is 4.88 Å². The summed E-state index contributed by atoms with van der Waals surface area (Å²) in [5.41, 5.74) is 0.548.